The predicted octanol–water partition coefficient (Wildman–Crippen LogP) is 2.88. The highest BCUT2D eigenvalue weighted by Gasteiger charge is 2.34. The summed E-state index contributed by atoms with van der Waals surface area (Å²) in [4.78, 5) is 3.19. The van der Waals surface area contributed by atoms with Crippen molar-refractivity contribution in [3.63, 3.8) is 0 Å². The Labute approximate surface area is 80.5 Å². The number of aromatic hydroxyl groups is 1. The smallest absolute Gasteiger partial charge is 0.418 e. The van der Waals surface area contributed by atoms with Gasteiger partial charge in [-0.05, 0) is 28.4 Å². The van der Waals surface area contributed by atoms with Crippen molar-refractivity contribution < 1.29 is 18.3 Å². The topological polar surface area (TPSA) is 33.1 Å². The first-order chi connectivity index (χ1) is 5.84. The Bertz CT molecular complexity index is 337. The van der Waals surface area contributed by atoms with E-state index < -0.39 is 17.6 Å². The molecule has 0 unspecified atom stereocenters. The van der Waals surface area contributed by atoms with Crippen molar-refractivity contribution in [3.05, 3.63) is 21.8 Å². The zero-order chi connectivity index (χ0) is 10.2. The second-order valence-electron chi connectivity index (χ2n) is 2.43. The highest BCUT2D eigenvalue weighted by Crippen LogP contribution is 2.36. The molecule has 0 aliphatic carbocycles. The number of pyridine rings is 1. The molecule has 1 rings (SSSR count). The van der Waals surface area contributed by atoms with Crippen LogP contribution in [0.1, 0.15) is 11.1 Å². The highest BCUT2D eigenvalue weighted by atomic mass is 79.9. The van der Waals surface area contributed by atoms with Gasteiger partial charge in [-0.15, -0.1) is 0 Å². The average Bonchev–Trinajstić information content (AvgIpc) is 1.98. The molecule has 6 heteroatoms. The summed E-state index contributed by atoms with van der Waals surface area (Å²) in [5.74, 6) is -0.439. The molecular formula is C7H5BrF3NO. The Morgan fingerprint density at radius 3 is 2.46 bits per heavy atom. The summed E-state index contributed by atoms with van der Waals surface area (Å²) in [6, 6.07) is 0. The van der Waals surface area contributed by atoms with Gasteiger partial charge in [0.1, 0.15) is 0 Å². The summed E-state index contributed by atoms with van der Waals surface area (Å²) in [7, 11) is 0. The van der Waals surface area contributed by atoms with Crippen molar-refractivity contribution >= 4 is 15.9 Å². The molecule has 0 atom stereocenters. The molecule has 1 N–H and O–H groups in total. The lowest BCUT2D eigenvalue weighted by molar-refractivity contribution is -0.138. The van der Waals surface area contributed by atoms with Crippen molar-refractivity contribution in [2.24, 2.45) is 0 Å². The largest absolute Gasteiger partial charge is 0.492 e. The quantitative estimate of drug-likeness (QED) is 0.774. The van der Waals surface area contributed by atoms with Gasteiger partial charge < -0.3 is 5.11 Å². The van der Waals surface area contributed by atoms with Crippen LogP contribution in [-0.4, -0.2) is 10.1 Å². The lowest BCUT2D eigenvalue weighted by Crippen LogP contribution is -2.08. The molecule has 72 valence electrons. The normalized spacial score (nSPS) is 11.8. The van der Waals surface area contributed by atoms with Crippen LogP contribution in [0, 0.1) is 6.92 Å². The van der Waals surface area contributed by atoms with Crippen molar-refractivity contribution in [2.75, 3.05) is 0 Å². The number of hydrogen-bond donors (Lipinski definition) is 1. The van der Waals surface area contributed by atoms with Crippen molar-refractivity contribution in [2.45, 2.75) is 13.1 Å². The number of rotatable bonds is 0. The van der Waals surface area contributed by atoms with Gasteiger partial charge in [0.2, 0.25) is 5.88 Å². The SMILES string of the molecule is Cc1c(C(F)(F)F)cnc(O)c1Br. The molecule has 0 aliphatic rings. The van der Waals surface area contributed by atoms with Gasteiger partial charge in [-0.25, -0.2) is 4.98 Å². The second kappa shape index (κ2) is 3.17. The Morgan fingerprint density at radius 1 is 1.46 bits per heavy atom. The number of aromatic nitrogens is 1. The van der Waals surface area contributed by atoms with Gasteiger partial charge in [-0.3, -0.25) is 0 Å². The zero-order valence-corrected chi connectivity index (χ0v) is 8.07. The maximum Gasteiger partial charge on any atom is 0.418 e. The van der Waals surface area contributed by atoms with E-state index in [2.05, 4.69) is 20.9 Å². The van der Waals surface area contributed by atoms with Crippen LogP contribution < -0.4 is 0 Å². The van der Waals surface area contributed by atoms with Crippen LogP contribution in [0.2, 0.25) is 0 Å². The predicted molar refractivity (Wildman–Crippen MR) is 43.3 cm³/mol. The highest BCUT2D eigenvalue weighted by molar-refractivity contribution is 9.10. The van der Waals surface area contributed by atoms with Crippen LogP contribution >= 0.6 is 15.9 Å². The Balaban J connectivity index is 3.35. The van der Waals surface area contributed by atoms with Crippen molar-refractivity contribution in [1.29, 1.82) is 0 Å². The van der Waals surface area contributed by atoms with Crippen LogP contribution in [0.15, 0.2) is 10.7 Å². The third-order valence-corrected chi connectivity index (χ3v) is 2.50. The third kappa shape index (κ3) is 1.93. The monoisotopic (exact) mass is 255 g/mol. The van der Waals surface area contributed by atoms with Crippen LogP contribution in [-0.2, 0) is 6.18 Å². The molecular weight excluding hydrogens is 251 g/mol. The summed E-state index contributed by atoms with van der Waals surface area (Å²) in [6.45, 7) is 1.26. The Kier molecular flexibility index (Phi) is 2.51. The van der Waals surface area contributed by atoms with E-state index in [9.17, 15) is 13.2 Å². The van der Waals surface area contributed by atoms with Gasteiger partial charge in [0.25, 0.3) is 0 Å². The molecule has 1 aromatic rings. The molecule has 0 spiro atoms. The fourth-order valence-electron chi connectivity index (χ4n) is 0.851. The molecule has 0 aromatic carbocycles. The molecule has 0 aliphatic heterocycles. The van der Waals surface area contributed by atoms with Gasteiger partial charge >= 0.3 is 6.18 Å². The fourth-order valence-corrected chi connectivity index (χ4v) is 1.17. The first kappa shape index (κ1) is 10.3. The van der Waals surface area contributed by atoms with Crippen molar-refractivity contribution in [1.82, 2.24) is 4.98 Å². The maximum atomic E-state index is 12.2. The van der Waals surface area contributed by atoms with Gasteiger partial charge in [-0.2, -0.15) is 13.2 Å². The van der Waals surface area contributed by atoms with Crippen molar-refractivity contribution in [3.8, 4) is 5.88 Å². The molecule has 0 fully saturated rings. The molecule has 13 heavy (non-hydrogen) atoms. The van der Waals surface area contributed by atoms with Gasteiger partial charge in [0.15, 0.2) is 0 Å². The standard InChI is InChI=1S/C7H5BrF3NO/c1-3-4(7(9,10)11)2-12-6(13)5(3)8/h2H,1H3,(H,12,13). The minimum atomic E-state index is -4.44. The van der Waals surface area contributed by atoms with Gasteiger partial charge in [0, 0.05) is 6.20 Å². The Hall–Kier alpha value is -0.780. The summed E-state index contributed by atoms with van der Waals surface area (Å²) in [5, 5.41) is 8.96. The van der Waals surface area contributed by atoms with Gasteiger partial charge in [0.05, 0.1) is 10.0 Å². The van der Waals surface area contributed by atoms with E-state index in [-0.39, 0.29) is 10.0 Å². The third-order valence-electron chi connectivity index (χ3n) is 1.55. The number of hydrogen-bond acceptors (Lipinski definition) is 2. The zero-order valence-electron chi connectivity index (χ0n) is 6.48. The minimum absolute atomic E-state index is 0.0256. The first-order valence-electron chi connectivity index (χ1n) is 3.25. The lowest BCUT2D eigenvalue weighted by atomic mass is 10.1. The Morgan fingerprint density at radius 2 is 2.00 bits per heavy atom. The van der Waals surface area contributed by atoms with E-state index in [1.807, 2.05) is 0 Å². The molecule has 1 aromatic heterocycles. The van der Waals surface area contributed by atoms with E-state index in [1.165, 1.54) is 6.92 Å². The molecule has 0 bridgehead atoms. The van der Waals surface area contributed by atoms with Crippen LogP contribution in [0.25, 0.3) is 0 Å². The summed E-state index contributed by atoms with van der Waals surface area (Å²) < 4.78 is 36.6. The maximum absolute atomic E-state index is 12.2. The minimum Gasteiger partial charge on any atom is -0.492 e. The van der Waals surface area contributed by atoms with E-state index in [0.29, 0.717) is 6.20 Å². The van der Waals surface area contributed by atoms with Crippen LogP contribution in [0.4, 0.5) is 13.2 Å². The number of halogens is 4. The van der Waals surface area contributed by atoms with E-state index in [4.69, 9.17) is 5.11 Å². The molecule has 0 saturated carbocycles. The molecule has 0 saturated heterocycles. The van der Waals surface area contributed by atoms with Crippen LogP contribution in [0.3, 0.4) is 0 Å². The van der Waals surface area contributed by atoms with E-state index in [0.717, 1.165) is 0 Å². The summed E-state index contributed by atoms with van der Waals surface area (Å²) in [5.41, 5.74) is -0.919. The average molecular weight is 256 g/mol. The molecule has 1 heterocycles. The second-order valence-corrected chi connectivity index (χ2v) is 3.23. The van der Waals surface area contributed by atoms with E-state index >= 15 is 0 Å². The summed E-state index contributed by atoms with van der Waals surface area (Å²) >= 11 is 2.81. The number of alkyl halides is 3. The van der Waals surface area contributed by atoms with Crippen LogP contribution in [0.5, 0.6) is 5.88 Å². The van der Waals surface area contributed by atoms with Gasteiger partial charge in [-0.1, -0.05) is 0 Å². The molecule has 0 radical (unpaired) electrons. The number of nitrogens with zero attached hydrogens (tertiary/aromatic N) is 1. The summed E-state index contributed by atoms with van der Waals surface area (Å²) in [6.07, 6.45) is -3.83. The molecule has 2 nitrogen and oxygen atoms in total. The fraction of sp³-hybridized carbons (Fsp3) is 0.286. The first-order valence-corrected chi connectivity index (χ1v) is 4.04. The molecule has 0 amide bonds. The lowest BCUT2D eigenvalue weighted by Gasteiger charge is -2.10. The van der Waals surface area contributed by atoms with E-state index in [1.54, 1.807) is 0 Å².